The fourth-order valence-electron chi connectivity index (χ4n) is 1.24. The molecule has 0 aromatic heterocycles. The molecule has 1 aliphatic rings. The summed E-state index contributed by atoms with van der Waals surface area (Å²) in [5.41, 5.74) is 0. The molecular weight excluding hydrogens is 114 g/mol. The summed E-state index contributed by atoms with van der Waals surface area (Å²) in [5, 5.41) is 9.06. The van der Waals surface area contributed by atoms with E-state index in [2.05, 4.69) is 11.8 Å². The van der Waals surface area contributed by atoms with Gasteiger partial charge in [-0.3, -0.25) is 0 Å². The molecule has 0 aliphatic carbocycles. The minimum absolute atomic E-state index is 0.0726. The molecule has 0 amide bonds. The third-order valence-corrected chi connectivity index (χ3v) is 1.72. The van der Waals surface area contributed by atoms with Gasteiger partial charge < -0.3 is 10.0 Å². The lowest BCUT2D eigenvalue weighted by Gasteiger charge is -2.11. The zero-order valence-corrected chi connectivity index (χ0v) is 5.71. The van der Waals surface area contributed by atoms with Crippen LogP contribution in [0, 0.1) is 6.92 Å². The van der Waals surface area contributed by atoms with Gasteiger partial charge in [-0.2, -0.15) is 0 Å². The zero-order chi connectivity index (χ0) is 6.69. The van der Waals surface area contributed by atoms with E-state index in [0.717, 1.165) is 32.5 Å². The normalized spacial score (nSPS) is 29.3. The van der Waals surface area contributed by atoms with E-state index in [1.807, 2.05) is 0 Å². The van der Waals surface area contributed by atoms with Gasteiger partial charge in [-0.1, -0.05) is 6.92 Å². The molecule has 0 aromatic carbocycles. The molecule has 0 aromatic rings. The second-order valence-electron chi connectivity index (χ2n) is 2.60. The van der Waals surface area contributed by atoms with E-state index < -0.39 is 0 Å². The number of likely N-dealkylation sites (tertiary alicyclic amines) is 1. The van der Waals surface area contributed by atoms with Crippen LogP contribution in [0.15, 0.2) is 0 Å². The summed E-state index contributed by atoms with van der Waals surface area (Å²) < 4.78 is 0. The number of aliphatic hydroxyl groups excluding tert-OH is 1. The minimum Gasteiger partial charge on any atom is -0.392 e. The largest absolute Gasteiger partial charge is 0.392 e. The molecule has 1 radical (unpaired) electrons. The predicted molar refractivity (Wildman–Crippen MR) is 37.0 cm³/mol. The lowest BCUT2D eigenvalue weighted by molar-refractivity contribution is 0.177. The van der Waals surface area contributed by atoms with Crippen molar-refractivity contribution in [2.45, 2.75) is 18.9 Å². The molecule has 9 heavy (non-hydrogen) atoms. The summed E-state index contributed by atoms with van der Waals surface area (Å²) in [7, 11) is 0. The Bertz CT molecular complexity index is 83.0. The fraction of sp³-hybridized carbons (Fsp3) is 0.857. The van der Waals surface area contributed by atoms with Gasteiger partial charge in [0.1, 0.15) is 0 Å². The first-order valence-corrected chi connectivity index (χ1v) is 3.52. The maximum absolute atomic E-state index is 9.06. The molecule has 0 bridgehead atoms. The Balaban J connectivity index is 2.14. The number of hydrogen-bond acceptors (Lipinski definition) is 2. The van der Waals surface area contributed by atoms with E-state index in [4.69, 9.17) is 5.11 Å². The van der Waals surface area contributed by atoms with Crippen molar-refractivity contribution in [1.29, 1.82) is 0 Å². The van der Waals surface area contributed by atoms with Gasteiger partial charge in [-0.25, -0.2) is 0 Å². The molecule has 1 heterocycles. The van der Waals surface area contributed by atoms with Crippen LogP contribution in [0.1, 0.15) is 12.8 Å². The van der Waals surface area contributed by atoms with E-state index >= 15 is 0 Å². The quantitative estimate of drug-likeness (QED) is 0.577. The highest BCUT2D eigenvalue weighted by Gasteiger charge is 2.18. The molecule has 1 N–H and O–H groups in total. The molecule has 1 rings (SSSR count). The van der Waals surface area contributed by atoms with Gasteiger partial charge in [-0.05, 0) is 19.4 Å². The van der Waals surface area contributed by atoms with E-state index in [0.29, 0.717) is 0 Å². The molecule has 1 unspecified atom stereocenters. The third-order valence-electron chi connectivity index (χ3n) is 1.72. The van der Waals surface area contributed by atoms with Crippen LogP contribution in [0.3, 0.4) is 0 Å². The van der Waals surface area contributed by atoms with E-state index in [9.17, 15) is 0 Å². The smallest absolute Gasteiger partial charge is 0.0679 e. The average molecular weight is 128 g/mol. The van der Waals surface area contributed by atoms with Crippen molar-refractivity contribution in [2.24, 2.45) is 0 Å². The summed E-state index contributed by atoms with van der Waals surface area (Å²) in [5.74, 6) is 0. The molecule has 0 saturated carbocycles. The molecule has 1 aliphatic heterocycles. The lowest BCUT2D eigenvalue weighted by Crippen LogP contribution is -2.22. The Hall–Kier alpha value is -0.0800. The molecule has 2 nitrogen and oxygen atoms in total. The van der Waals surface area contributed by atoms with Crippen molar-refractivity contribution in [3.63, 3.8) is 0 Å². The van der Waals surface area contributed by atoms with Gasteiger partial charge in [0.2, 0.25) is 0 Å². The van der Waals surface area contributed by atoms with Crippen molar-refractivity contribution in [1.82, 2.24) is 4.90 Å². The SMILES string of the molecule is [CH2]CCN1CCC(O)C1. The van der Waals surface area contributed by atoms with Gasteiger partial charge in [-0.15, -0.1) is 0 Å². The number of β-amino-alcohol motifs (C(OH)–C–C–N with tert-alkyl or cyclic N) is 1. The van der Waals surface area contributed by atoms with Crippen LogP contribution >= 0.6 is 0 Å². The highest BCUT2D eigenvalue weighted by atomic mass is 16.3. The second kappa shape index (κ2) is 3.18. The molecular formula is C7H14NO. The van der Waals surface area contributed by atoms with Gasteiger partial charge in [0.05, 0.1) is 6.10 Å². The van der Waals surface area contributed by atoms with Gasteiger partial charge in [0, 0.05) is 13.1 Å². The summed E-state index contributed by atoms with van der Waals surface area (Å²) in [6, 6.07) is 0. The maximum Gasteiger partial charge on any atom is 0.0679 e. The fourth-order valence-corrected chi connectivity index (χ4v) is 1.24. The van der Waals surface area contributed by atoms with Crippen molar-refractivity contribution >= 4 is 0 Å². The van der Waals surface area contributed by atoms with E-state index in [1.54, 1.807) is 0 Å². The van der Waals surface area contributed by atoms with Gasteiger partial charge in [0.15, 0.2) is 0 Å². The van der Waals surface area contributed by atoms with Gasteiger partial charge in [0.25, 0.3) is 0 Å². The monoisotopic (exact) mass is 128 g/mol. The number of rotatable bonds is 2. The van der Waals surface area contributed by atoms with Crippen LogP contribution in [0.25, 0.3) is 0 Å². The topological polar surface area (TPSA) is 23.5 Å². The molecule has 1 fully saturated rings. The molecule has 2 heteroatoms. The minimum atomic E-state index is -0.0726. The Labute approximate surface area is 56.5 Å². The number of hydrogen-bond donors (Lipinski definition) is 1. The van der Waals surface area contributed by atoms with Crippen molar-refractivity contribution in [3.8, 4) is 0 Å². The van der Waals surface area contributed by atoms with Crippen molar-refractivity contribution in [2.75, 3.05) is 19.6 Å². The summed E-state index contributed by atoms with van der Waals surface area (Å²) in [6.07, 6.45) is 1.82. The van der Waals surface area contributed by atoms with Crippen LogP contribution < -0.4 is 0 Å². The number of aliphatic hydroxyl groups is 1. The third kappa shape index (κ3) is 1.95. The maximum atomic E-state index is 9.06. The second-order valence-corrected chi connectivity index (χ2v) is 2.60. The first kappa shape index (κ1) is 7.03. The number of nitrogens with zero attached hydrogens (tertiary/aromatic N) is 1. The Morgan fingerprint density at radius 3 is 2.89 bits per heavy atom. The van der Waals surface area contributed by atoms with Crippen molar-refractivity contribution < 1.29 is 5.11 Å². The average Bonchev–Trinajstić information content (AvgIpc) is 2.17. The Morgan fingerprint density at radius 1 is 1.67 bits per heavy atom. The highest BCUT2D eigenvalue weighted by Crippen LogP contribution is 2.07. The Morgan fingerprint density at radius 2 is 2.44 bits per heavy atom. The van der Waals surface area contributed by atoms with Crippen molar-refractivity contribution in [3.05, 3.63) is 6.92 Å². The summed E-state index contributed by atoms with van der Waals surface area (Å²) in [6.45, 7) is 6.70. The molecule has 1 atom stereocenters. The Kier molecular flexibility index (Phi) is 2.49. The van der Waals surface area contributed by atoms with Crippen LogP contribution in [0.2, 0.25) is 0 Å². The zero-order valence-electron chi connectivity index (χ0n) is 5.71. The highest BCUT2D eigenvalue weighted by molar-refractivity contribution is 4.73. The van der Waals surface area contributed by atoms with Crippen LogP contribution in [0.4, 0.5) is 0 Å². The standard InChI is InChI=1S/C7H14NO/c1-2-4-8-5-3-7(9)6-8/h7,9H,1-6H2. The van der Waals surface area contributed by atoms with Crippen LogP contribution in [-0.4, -0.2) is 35.7 Å². The predicted octanol–water partition coefficient (Wildman–Crippen LogP) is 0.277. The van der Waals surface area contributed by atoms with Crippen LogP contribution in [0.5, 0.6) is 0 Å². The first-order valence-electron chi connectivity index (χ1n) is 3.52. The molecule has 1 saturated heterocycles. The van der Waals surface area contributed by atoms with E-state index in [-0.39, 0.29) is 6.10 Å². The first-order chi connectivity index (χ1) is 4.33. The van der Waals surface area contributed by atoms with Gasteiger partial charge >= 0.3 is 0 Å². The molecule has 53 valence electrons. The lowest BCUT2D eigenvalue weighted by atomic mass is 10.3. The molecule has 0 spiro atoms. The summed E-state index contributed by atoms with van der Waals surface area (Å²) >= 11 is 0. The summed E-state index contributed by atoms with van der Waals surface area (Å²) in [4.78, 5) is 2.25. The van der Waals surface area contributed by atoms with Crippen LogP contribution in [-0.2, 0) is 0 Å². The van der Waals surface area contributed by atoms with E-state index in [1.165, 1.54) is 0 Å².